The first-order valence-electron chi connectivity index (χ1n) is 9.73. The average molecular weight is 395 g/mol. The fourth-order valence-corrected chi connectivity index (χ4v) is 3.68. The second-order valence-corrected chi connectivity index (χ2v) is 7.24. The van der Waals surface area contributed by atoms with Gasteiger partial charge < -0.3 is 24.1 Å². The minimum Gasteiger partial charge on any atom is -0.493 e. The zero-order valence-corrected chi connectivity index (χ0v) is 16.9. The van der Waals surface area contributed by atoms with E-state index in [1.54, 1.807) is 20.3 Å². The van der Waals surface area contributed by atoms with Crippen molar-refractivity contribution in [3.05, 3.63) is 42.0 Å². The zero-order valence-electron chi connectivity index (χ0n) is 16.9. The van der Waals surface area contributed by atoms with E-state index in [1.165, 1.54) is 0 Å². The number of hydrogen-bond donors (Lipinski definition) is 1. The lowest BCUT2D eigenvalue weighted by molar-refractivity contribution is -0.120. The number of carbonyl (C=O) groups excluding carboxylic acids is 1. The molecule has 3 aromatic rings. The lowest BCUT2D eigenvalue weighted by Gasteiger charge is -2.30. The molecule has 0 atom stereocenters. The number of oxazole rings is 1. The summed E-state index contributed by atoms with van der Waals surface area (Å²) in [6, 6.07) is 12.0. The van der Waals surface area contributed by atoms with Gasteiger partial charge in [0.05, 0.1) is 14.2 Å². The van der Waals surface area contributed by atoms with Crippen molar-refractivity contribution in [2.45, 2.75) is 19.8 Å². The average Bonchev–Trinajstić information content (AvgIpc) is 3.19. The second-order valence-electron chi connectivity index (χ2n) is 7.24. The Balaban J connectivity index is 1.40. The lowest BCUT2D eigenvalue weighted by Crippen LogP contribution is -2.38. The van der Waals surface area contributed by atoms with Crippen LogP contribution >= 0.6 is 0 Å². The Morgan fingerprint density at radius 1 is 1.14 bits per heavy atom. The molecular weight excluding hydrogens is 370 g/mol. The molecule has 1 aliphatic heterocycles. The lowest BCUT2D eigenvalue weighted by atomic mass is 9.96. The number of carbonyl (C=O) groups is 1. The molecule has 1 aromatic heterocycles. The number of amides is 1. The molecule has 0 bridgehead atoms. The molecule has 0 spiro atoms. The highest BCUT2D eigenvalue weighted by Gasteiger charge is 2.27. The van der Waals surface area contributed by atoms with Crippen LogP contribution in [0, 0.1) is 12.8 Å². The Bertz CT molecular complexity index is 989. The minimum atomic E-state index is -0.0527. The molecule has 0 aliphatic carbocycles. The zero-order chi connectivity index (χ0) is 20.4. The van der Waals surface area contributed by atoms with E-state index in [0.29, 0.717) is 17.5 Å². The van der Waals surface area contributed by atoms with E-state index in [2.05, 4.69) is 15.2 Å². The topological polar surface area (TPSA) is 76.8 Å². The number of methoxy groups -OCH3 is 2. The first kappa shape index (κ1) is 19.1. The third-order valence-electron chi connectivity index (χ3n) is 5.41. The number of ether oxygens (including phenoxy) is 2. The molecule has 1 saturated heterocycles. The van der Waals surface area contributed by atoms with Gasteiger partial charge in [-0.25, -0.2) is 0 Å². The molecule has 152 valence electrons. The van der Waals surface area contributed by atoms with E-state index < -0.39 is 0 Å². The van der Waals surface area contributed by atoms with Crippen molar-refractivity contribution in [1.82, 2.24) is 4.98 Å². The molecule has 1 N–H and O–H groups in total. The number of rotatable bonds is 5. The fraction of sp³-hybridized carbons (Fsp3) is 0.364. The molecule has 4 rings (SSSR count). The van der Waals surface area contributed by atoms with E-state index in [-0.39, 0.29) is 11.8 Å². The van der Waals surface area contributed by atoms with Crippen LogP contribution in [-0.4, -0.2) is 38.2 Å². The summed E-state index contributed by atoms with van der Waals surface area (Å²) in [5.41, 5.74) is 3.31. The van der Waals surface area contributed by atoms with E-state index in [0.717, 1.165) is 48.3 Å². The molecule has 0 saturated carbocycles. The van der Waals surface area contributed by atoms with E-state index >= 15 is 0 Å². The maximum Gasteiger partial charge on any atom is 0.298 e. The number of aryl methyl sites for hydroxylation is 1. The van der Waals surface area contributed by atoms with Gasteiger partial charge in [-0.2, -0.15) is 4.98 Å². The van der Waals surface area contributed by atoms with Gasteiger partial charge in [0.2, 0.25) is 5.91 Å². The number of para-hydroxylation sites is 2. The quantitative estimate of drug-likeness (QED) is 0.703. The summed E-state index contributed by atoms with van der Waals surface area (Å²) in [5.74, 6) is 1.22. The molecule has 2 heterocycles. The van der Waals surface area contributed by atoms with Crippen molar-refractivity contribution < 1.29 is 18.7 Å². The highest BCUT2D eigenvalue weighted by Crippen LogP contribution is 2.34. The minimum absolute atomic E-state index is 0.0255. The van der Waals surface area contributed by atoms with Crippen LogP contribution in [0.15, 0.2) is 40.8 Å². The van der Waals surface area contributed by atoms with Gasteiger partial charge in [-0.3, -0.25) is 4.79 Å². The number of nitrogens with zero attached hydrogens (tertiary/aromatic N) is 2. The predicted molar refractivity (Wildman–Crippen MR) is 112 cm³/mol. The van der Waals surface area contributed by atoms with E-state index in [4.69, 9.17) is 13.9 Å². The molecule has 7 heteroatoms. The van der Waals surface area contributed by atoms with Crippen LogP contribution in [0.2, 0.25) is 0 Å². The molecule has 2 aromatic carbocycles. The summed E-state index contributed by atoms with van der Waals surface area (Å²) in [6.45, 7) is 3.40. The van der Waals surface area contributed by atoms with Crippen LogP contribution in [0.1, 0.15) is 18.4 Å². The number of benzene rings is 2. The number of fused-ring (bicyclic) bond motifs is 1. The van der Waals surface area contributed by atoms with E-state index in [1.807, 2.05) is 37.3 Å². The SMILES string of the molecule is COc1cc(C)c(NC(=O)C2CCN(c3nc4ccccc4o3)CC2)cc1OC. The Kier molecular flexibility index (Phi) is 5.29. The molecule has 7 nitrogen and oxygen atoms in total. The van der Waals surface area contributed by atoms with E-state index in [9.17, 15) is 4.79 Å². The molecule has 1 aliphatic rings. The van der Waals surface area contributed by atoms with Crippen LogP contribution < -0.4 is 19.7 Å². The van der Waals surface area contributed by atoms with Crippen molar-refractivity contribution in [2.24, 2.45) is 5.92 Å². The Morgan fingerprint density at radius 2 is 1.83 bits per heavy atom. The number of piperidine rings is 1. The molecule has 1 fully saturated rings. The molecule has 29 heavy (non-hydrogen) atoms. The Hall–Kier alpha value is -3.22. The van der Waals surface area contributed by atoms with Gasteiger partial charge in [0.15, 0.2) is 17.1 Å². The van der Waals surface area contributed by atoms with Crippen LogP contribution in [0.5, 0.6) is 11.5 Å². The van der Waals surface area contributed by atoms with Crippen LogP contribution in [0.3, 0.4) is 0 Å². The fourth-order valence-electron chi connectivity index (χ4n) is 3.68. The molecule has 0 radical (unpaired) electrons. The number of hydrogen-bond acceptors (Lipinski definition) is 6. The van der Waals surface area contributed by atoms with Crippen molar-refractivity contribution >= 4 is 28.7 Å². The highest BCUT2D eigenvalue weighted by atomic mass is 16.5. The predicted octanol–water partition coefficient (Wildman–Crippen LogP) is 4.01. The first-order valence-corrected chi connectivity index (χ1v) is 9.73. The molecule has 0 unspecified atom stereocenters. The van der Waals surface area contributed by atoms with Gasteiger partial charge in [0.1, 0.15) is 5.52 Å². The summed E-state index contributed by atoms with van der Waals surface area (Å²) in [7, 11) is 3.18. The van der Waals surface area contributed by atoms with Gasteiger partial charge >= 0.3 is 0 Å². The maximum atomic E-state index is 12.8. The van der Waals surface area contributed by atoms with Crippen molar-refractivity contribution in [2.75, 3.05) is 37.5 Å². The van der Waals surface area contributed by atoms with Gasteiger partial charge in [-0.1, -0.05) is 12.1 Å². The standard InChI is InChI=1S/C22H25N3O4/c1-14-12-19(27-2)20(28-3)13-17(14)23-21(26)15-8-10-25(11-9-15)22-24-16-6-4-5-7-18(16)29-22/h4-7,12-13,15H,8-11H2,1-3H3,(H,23,26). The second kappa shape index (κ2) is 8.03. The summed E-state index contributed by atoms with van der Waals surface area (Å²) in [6.07, 6.45) is 1.49. The van der Waals surface area contributed by atoms with Gasteiger partial charge in [-0.05, 0) is 43.5 Å². The monoisotopic (exact) mass is 395 g/mol. The van der Waals surface area contributed by atoms with Gasteiger partial charge in [0, 0.05) is 30.8 Å². The summed E-state index contributed by atoms with van der Waals surface area (Å²) in [5, 5.41) is 3.05. The number of nitrogens with one attached hydrogen (secondary N) is 1. The van der Waals surface area contributed by atoms with Crippen molar-refractivity contribution in [1.29, 1.82) is 0 Å². The number of anilines is 2. The Labute approximate surface area is 169 Å². The van der Waals surface area contributed by atoms with Crippen molar-refractivity contribution in [3.8, 4) is 11.5 Å². The third kappa shape index (κ3) is 3.85. The van der Waals surface area contributed by atoms with Crippen LogP contribution in [-0.2, 0) is 4.79 Å². The summed E-state index contributed by atoms with van der Waals surface area (Å²) in [4.78, 5) is 19.5. The molecule has 1 amide bonds. The Morgan fingerprint density at radius 3 is 2.52 bits per heavy atom. The normalized spacial score (nSPS) is 14.8. The highest BCUT2D eigenvalue weighted by molar-refractivity contribution is 5.93. The summed E-state index contributed by atoms with van der Waals surface area (Å²) >= 11 is 0. The first-order chi connectivity index (χ1) is 14.1. The van der Waals surface area contributed by atoms with Crippen LogP contribution in [0.25, 0.3) is 11.1 Å². The maximum absolute atomic E-state index is 12.8. The number of aromatic nitrogens is 1. The van der Waals surface area contributed by atoms with Gasteiger partial charge in [-0.15, -0.1) is 0 Å². The van der Waals surface area contributed by atoms with Crippen molar-refractivity contribution in [3.63, 3.8) is 0 Å². The third-order valence-corrected chi connectivity index (χ3v) is 5.41. The largest absolute Gasteiger partial charge is 0.493 e. The molecular formula is C22H25N3O4. The summed E-state index contributed by atoms with van der Waals surface area (Å²) < 4.78 is 16.5. The smallest absolute Gasteiger partial charge is 0.298 e. The van der Waals surface area contributed by atoms with Crippen LogP contribution in [0.4, 0.5) is 11.7 Å². The van der Waals surface area contributed by atoms with Gasteiger partial charge in [0.25, 0.3) is 6.01 Å².